The summed E-state index contributed by atoms with van der Waals surface area (Å²) in [5.41, 5.74) is 1.10. The van der Waals surface area contributed by atoms with E-state index in [1.54, 1.807) is 7.11 Å². The average Bonchev–Trinajstić information content (AvgIpc) is 2.94. The first kappa shape index (κ1) is 18.6. The highest BCUT2D eigenvalue weighted by molar-refractivity contribution is 6.01. The van der Waals surface area contributed by atoms with Gasteiger partial charge in [-0.15, -0.1) is 0 Å². The van der Waals surface area contributed by atoms with Crippen LogP contribution >= 0.6 is 0 Å². The Morgan fingerprint density at radius 3 is 2.80 bits per heavy atom. The molecule has 1 aromatic rings. The number of carbonyl (C=O) groups is 2. The molecule has 1 heterocycles. The summed E-state index contributed by atoms with van der Waals surface area (Å²) >= 11 is 0. The molecule has 0 unspecified atom stereocenters. The molecule has 1 aliphatic heterocycles. The third-order valence-electron chi connectivity index (χ3n) is 3.75. The van der Waals surface area contributed by atoms with E-state index in [2.05, 4.69) is 20.9 Å². The first-order chi connectivity index (χ1) is 12.2. The third kappa shape index (κ3) is 5.37. The quantitative estimate of drug-likeness (QED) is 0.358. The van der Waals surface area contributed by atoms with Crippen molar-refractivity contribution >= 4 is 17.9 Å². The lowest BCUT2D eigenvalue weighted by molar-refractivity contribution is -0.124. The monoisotopic (exact) mass is 347 g/mol. The Morgan fingerprint density at radius 1 is 1.32 bits per heavy atom. The summed E-state index contributed by atoms with van der Waals surface area (Å²) in [6, 6.07) is 7.52. The van der Waals surface area contributed by atoms with E-state index in [-0.39, 0.29) is 18.5 Å². The highest BCUT2D eigenvalue weighted by Crippen LogP contribution is 2.17. The maximum Gasteiger partial charge on any atom is 0.324 e. The summed E-state index contributed by atoms with van der Waals surface area (Å²) in [6.45, 7) is 4.13. The van der Waals surface area contributed by atoms with Crippen molar-refractivity contribution < 1.29 is 14.3 Å². The van der Waals surface area contributed by atoms with Gasteiger partial charge in [-0.1, -0.05) is 18.2 Å². The molecule has 1 aliphatic rings. The predicted molar refractivity (Wildman–Crippen MR) is 95.8 cm³/mol. The van der Waals surface area contributed by atoms with Crippen LogP contribution in [0.1, 0.15) is 12.5 Å². The van der Waals surface area contributed by atoms with Crippen LogP contribution in [0.25, 0.3) is 0 Å². The van der Waals surface area contributed by atoms with Crippen molar-refractivity contribution in [3.63, 3.8) is 0 Å². The van der Waals surface area contributed by atoms with Gasteiger partial charge >= 0.3 is 6.03 Å². The number of rotatable bonds is 8. The number of carbonyl (C=O) groups excluding carboxylic acids is 2. The molecule has 3 N–H and O–H groups in total. The maximum atomic E-state index is 11.5. The Morgan fingerprint density at radius 2 is 2.12 bits per heavy atom. The molecule has 8 heteroatoms. The molecule has 0 bridgehead atoms. The Hall–Kier alpha value is -2.77. The number of benzene rings is 1. The van der Waals surface area contributed by atoms with Gasteiger partial charge in [0.25, 0.3) is 0 Å². The highest BCUT2D eigenvalue weighted by Gasteiger charge is 2.27. The number of imide groups is 1. The van der Waals surface area contributed by atoms with E-state index in [1.807, 2.05) is 31.2 Å². The molecule has 0 aromatic heterocycles. The van der Waals surface area contributed by atoms with Crippen molar-refractivity contribution in [1.29, 1.82) is 0 Å². The van der Waals surface area contributed by atoms with Crippen molar-refractivity contribution in [2.75, 3.05) is 39.8 Å². The van der Waals surface area contributed by atoms with E-state index in [9.17, 15) is 9.59 Å². The molecule has 0 aliphatic carbocycles. The molecular weight excluding hydrogens is 322 g/mol. The van der Waals surface area contributed by atoms with Crippen LogP contribution in [-0.2, 0) is 11.2 Å². The molecule has 136 valence electrons. The smallest absolute Gasteiger partial charge is 0.324 e. The van der Waals surface area contributed by atoms with E-state index in [0.29, 0.717) is 25.6 Å². The van der Waals surface area contributed by atoms with Crippen LogP contribution < -0.4 is 20.7 Å². The summed E-state index contributed by atoms with van der Waals surface area (Å²) < 4.78 is 5.34. The summed E-state index contributed by atoms with van der Waals surface area (Å²) in [4.78, 5) is 28.7. The number of amides is 3. The molecule has 1 fully saturated rings. The van der Waals surface area contributed by atoms with Gasteiger partial charge in [0, 0.05) is 26.2 Å². The number of nitrogens with zero attached hydrogens (tertiary/aromatic N) is 2. The summed E-state index contributed by atoms with van der Waals surface area (Å²) in [6.07, 6.45) is 0.758. The lowest BCUT2D eigenvalue weighted by atomic mass is 10.1. The Balaban J connectivity index is 1.83. The average molecular weight is 347 g/mol. The summed E-state index contributed by atoms with van der Waals surface area (Å²) in [7, 11) is 1.66. The van der Waals surface area contributed by atoms with Gasteiger partial charge in [0.1, 0.15) is 5.75 Å². The fourth-order valence-electron chi connectivity index (χ4n) is 2.51. The van der Waals surface area contributed by atoms with Crippen LogP contribution in [0.15, 0.2) is 29.3 Å². The van der Waals surface area contributed by atoms with Crippen molar-refractivity contribution in [1.82, 2.24) is 20.9 Å². The van der Waals surface area contributed by atoms with E-state index in [4.69, 9.17) is 4.74 Å². The maximum absolute atomic E-state index is 11.5. The minimum absolute atomic E-state index is 0.0753. The molecule has 0 saturated carbocycles. The second kappa shape index (κ2) is 9.51. The molecule has 8 nitrogen and oxygen atoms in total. The number of hydrogen-bond donors (Lipinski definition) is 3. The van der Waals surface area contributed by atoms with Crippen LogP contribution in [0.5, 0.6) is 5.75 Å². The lowest BCUT2D eigenvalue weighted by Crippen LogP contribution is -2.43. The van der Waals surface area contributed by atoms with Crippen LogP contribution in [0, 0.1) is 0 Å². The van der Waals surface area contributed by atoms with Gasteiger partial charge in [-0.2, -0.15) is 0 Å². The molecular formula is C17H25N5O3. The fourth-order valence-corrected chi connectivity index (χ4v) is 2.51. The number of guanidine groups is 1. The Labute approximate surface area is 147 Å². The third-order valence-corrected chi connectivity index (χ3v) is 3.75. The first-order valence-corrected chi connectivity index (χ1v) is 8.38. The van der Waals surface area contributed by atoms with Gasteiger partial charge < -0.3 is 20.7 Å². The van der Waals surface area contributed by atoms with Crippen LogP contribution in [0.3, 0.4) is 0 Å². The van der Waals surface area contributed by atoms with Gasteiger partial charge in [0.15, 0.2) is 5.96 Å². The molecule has 25 heavy (non-hydrogen) atoms. The number of para-hydroxylation sites is 1. The zero-order valence-electron chi connectivity index (χ0n) is 14.7. The zero-order chi connectivity index (χ0) is 18.1. The van der Waals surface area contributed by atoms with E-state index in [1.165, 1.54) is 4.90 Å². The van der Waals surface area contributed by atoms with Crippen molar-refractivity contribution in [3.8, 4) is 5.75 Å². The van der Waals surface area contributed by atoms with Crippen LogP contribution in [-0.4, -0.2) is 62.6 Å². The van der Waals surface area contributed by atoms with Gasteiger partial charge in [0.05, 0.1) is 13.7 Å². The lowest BCUT2D eigenvalue weighted by Gasteiger charge is -2.15. The summed E-state index contributed by atoms with van der Waals surface area (Å²) in [5, 5.41) is 8.78. The second-order valence-corrected chi connectivity index (χ2v) is 5.45. The topological polar surface area (TPSA) is 95.1 Å². The minimum atomic E-state index is -0.343. The number of hydrogen-bond acceptors (Lipinski definition) is 4. The second-order valence-electron chi connectivity index (χ2n) is 5.45. The van der Waals surface area contributed by atoms with E-state index < -0.39 is 0 Å². The normalized spacial score (nSPS) is 14.5. The summed E-state index contributed by atoms with van der Waals surface area (Å²) in [5.74, 6) is 1.31. The van der Waals surface area contributed by atoms with Gasteiger partial charge in [-0.3, -0.25) is 14.7 Å². The standard InChI is InChI=1S/C17H25N5O3/c1-3-18-16(20-10-11-22-15(23)12-21-17(22)24)19-9-8-13-6-4-5-7-14(13)25-2/h4-7H,3,8-12H2,1-2H3,(H,21,24)(H2,18,19,20). The minimum Gasteiger partial charge on any atom is -0.496 e. The molecule has 0 spiro atoms. The van der Waals surface area contributed by atoms with Gasteiger partial charge in [0.2, 0.25) is 5.91 Å². The predicted octanol–water partition coefficient (Wildman–Crippen LogP) is 0.345. The molecule has 0 atom stereocenters. The first-order valence-electron chi connectivity index (χ1n) is 8.38. The van der Waals surface area contributed by atoms with Crippen molar-refractivity contribution in [3.05, 3.63) is 29.8 Å². The number of methoxy groups -OCH3 is 1. The Kier molecular flexibility index (Phi) is 7.06. The van der Waals surface area contributed by atoms with Crippen LogP contribution in [0.2, 0.25) is 0 Å². The SMILES string of the molecule is CCNC(=NCCc1ccccc1OC)NCCN1C(=O)CNC1=O. The number of aliphatic imine (C=N–C) groups is 1. The van der Waals surface area contributed by atoms with Crippen molar-refractivity contribution in [2.24, 2.45) is 4.99 Å². The van der Waals surface area contributed by atoms with Gasteiger partial charge in [-0.25, -0.2) is 4.79 Å². The number of nitrogens with one attached hydrogen (secondary N) is 3. The van der Waals surface area contributed by atoms with Gasteiger partial charge in [-0.05, 0) is 25.0 Å². The zero-order valence-corrected chi connectivity index (χ0v) is 14.7. The molecule has 2 rings (SSSR count). The molecule has 1 saturated heterocycles. The highest BCUT2D eigenvalue weighted by atomic mass is 16.5. The van der Waals surface area contributed by atoms with Crippen molar-refractivity contribution in [2.45, 2.75) is 13.3 Å². The molecule has 1 aromatic carbocycles. The number of urea groups is 1. The molecule has 0 radical (unpaired) electrons. The van der Waals surface area contributed by atoms with E-state index >= 15 is 0 Å². The molecule has 3 amide bonds. The number of ether oxygens (including phenoxy) is 1. The fraction of sp³-hybridized carbons (Fsp3) is 0.471. The van der Waals surface area contributed by atoms with Crippen LogP contribution in [0.4, 0.5) is 4.79 Å². The Bertz CT molecular complexity index is 616. The van der Waals surface area contributed by atoms with E-state index in [0.717, 1.165) is 24.3 Å². The largest absolute Gasteiger partial charge is 0.496 e.